The lowest BCUT2D eigenvalue weighted by Gasteiger charge is -2.09. The van der Waals surface area contributed by atoms with Gasteiger partial charge in [0.1, 0.15) is 5.52 Å². The number of hydrogen-bond donors (Lipinski definition) is 2. The van der Waals surface area contributed by atoms with Crippen LogP contribution >= 0.6 is 0 Å². The summed E-state index contributed by atoms with van der Waals surface area (Å²) >= 11 is 0. The van der Waals surface area contributed by atoms with E-state index >= 15 is 0 Å². The number of carbonyl (C=O) groups is 1. The van der Waals surface area contributed by atoms with Gasteiger partial charge < -0.3 is 20.4 Å². The fourth-order valence-electron chi connectivity index (χ4n) is 3.92. The van der Waals surface area contributed by atoms with E-state index in [0.717, 1.165) is 12.1 Å². The van der Waals surface area contributed by atoms with E-state index in [1.165, 1.54) is 30.6 Å². The van der Waals surface area contributed by atoms with Crippen molar-refractivity contribution in [2.75, 3.05) is 18.1 Å². The summed E-state index contributed by atoms with van der Waals surface area (Å²) in [5.74, 6) is -0.308. The van der Waals surface area contributed by atoms with Crippen molar-refractivity contribution < 1.29 is 35.5 Å². The SMILES string of the molecule is Nc1nc(F)nc2c1ncn2CCCCOC(=O)NCc1ccc(S(=O)(=O)CCc2ccc(C(F)(F)F)cc2)cc1. The minimum absolute atomic E-state index is 0.0424. The fourth-order valence-corrected chi connectivity index (χ4v) is 5.21. The Labute approximate surface area is 232 Å². The van der Waals surface area contributed by atoms with E-state index in [0.29, 0.717) is 36.0 Å². The third-order valence-electron chi connectivity index (χ3n) is 6.15. The molecule has 41 heavy (non-hydrogen) atoms. The van der Waals surface area contributed by atoms with Crippen molar-refractivity contribution in [2.24, 2.45) is 0 Å². The Kier molecular flexibility index (Phi) is 9.05. The lowest BCUT2D eigenvalue weighted by Crippen LogP contribution is -2.24. The van der Waals surface area contributed by atoms with Crippen molar-refractivity contribution in [2.45, 2.75) is 43.4 Å². The van der Waals surface area contributed by atoms with E-state index in [2.05, 4.69) is 20.3 Å². The molecule has 0 aliphatic carbocycles. The second kappa shape index (κ2) is 12.5. The number of alkyl halides is 3. The number of unbranched alkanes of at least 4 members (excludes halogenated alkanes) is 1. The molecule has 0 aliphatic heterocycles. The summed E-state index contributed by atoms with van der Waals surface area (Å²) in [6.45, 7) is 0.704. The number of ether oxygens (including phenoxy) is 1. The Morgan fingerprint density at radius 2 is 1.68 bits per heavy atom. The van der Waals surface area contributed by atoms with Crippen molar-refractivity contribution in [1.29, 1.82) is 0 Å². The first-order valence-electron chi connectivity index (χ1n) is 12.4. The molecule has 0 saturated carbocycles. The number of benzene rings is 2. The van der Waals surface area contributed by atoms with Gasteiger partial charge in [-0.3, -0.25) is 0 Å². The van der Waals surface area contributed by atoms with Crippen LogP contribution in [-0.4, -0.2) is 46.4 Å². The predicted octanol–water partition coefficient (Wildman–Crippen LogP) is 4.29. The highest BCUT2D eigenvalue weighted by molar-refractivity contribution is 7.91. The summed E-state index contributed by atoms with van der Waals surface area (Å²) in [6, 6.07) is 10.3. The number of hydrogen-bond acceptors (Lipinski definition) is 8. The van der Waals surface area contributed by atoms with Crippen molar-refractivity contribution in [1.82, 2.24) is 24.8 Å². The third kappa shape index (κ3) is 7.90. The van der Waals surface area contributed by atoms with Gasteiger partial charge in [0.15, 0.2) is 21.3 Å². The molecular weight excluding hydrogens is 568 g/mol. The van der Waals surface area contributed by atoms with Gasteiger partial charge in [0, 0.05) is 13.1 Å². The van der Waals surface area contributed by atoms with Gasteiger partial charge in [0.2, 0.25) is 0 Å². The lowest BCUT2D eigenvalue weighted by atomic mass is 10.1. The van der Waals surface area contributed by atoms with E-state index in [-0.39, 0.29) is 41.7 Å². The summed E-state index contributed by atoms with van der Waals surface area (Å²) in [6.07, 6.45) is -3.37. The molecule has 4 rings (SSSR count). The number of amides is 1. The Balaban J connectivity index is 1.17. The normalized spacial score (nSPS) is 12.0. The highest BCUT2D eigenvalue weighted by Crippen LogP contribution is 2.29. The topological polar surface area (TPSA) is 142 Å². The maximum Gasteiger partial charge on any atom is 0.416 e. The van der Waals surface area contributed by atoms with Crippen LogP contribution in [0.1, 0.15) is 29.5 Å². The number of nitrogens with two attached hydrogens (primary N) is 1. The van der Waals surface area contributed by atoms with Gasteiger partial charge in [-0.05, 0) is 54.7 Å². The van der Waals surface area contributed by atoms with Gasteiger partial charge in [-0.2, -0.15) is 27.5 Å². The molecule has 4 aromatic rings. The van der Waals surface area contributed by atoms with E-state index in [1.807, 2.05) is 0 Å². The van der Waals surface area contributed by atoms with Crippen molar-refractivity contribution >= 4 is 32.9 Å². The number of anilines is 1. The van der Waals surface area contributed by atoms with E-state index in [4.69, 9.17) is 10.5 Å². The van der Waals surface area contributed by atoms with Gasteiger partial charge in [-0.15, -0.1) is 0 Å². The average Bonchev–Trinajstić information content (AvgIpc) is 3.33. The largest absolute Gasteiger partial charge is 0.450 e. The molecule has 15 heteroatoms. The average molecular weight is 595 g/mol. The van der Waals surface area contributed by atoms with Gasteiger partial charge in [0.25, 0.3) is 0 Å². The molecule has 2 aromatic carbocycles. The number of nitrogens with one attached hydrogen (secondary N) is 1. The summed E-state index contributed by atoms with van der Waals surface area (Å²) in [4.78, 5) is 23.3. The molecule has 0 radical (unpaired) electrons. The maximum atomic E-state index is 13.4. The van der Waals surface area contributed by atoms with E-state index in [9.17, 15) is 30.8 Å². The number of alkyl carbamates (subject to hydrolysis) is 1. The molecule has 0 spiro atoms. The Morgan fingerprint density at radius 1 is 1.00 bits per heavy atom. The van der Waals surface area contributed by atoms with E-state index < -0.39 is 33.7 Å². The van der Waals surface area contributed by atoms with Crippen LogP contribution in [0.5, 0.6) is 0 Å². The summed E-state index contributed by atoms with van der Waals surface area (Å²) in [5, 5.41) is 2.58. The highest BCUT2D eigenvalue weighted by Gasteiger charge is 2.30. The molecule has 0 aliphatic rings. The third-order valence-corrected chi connectivity index (χ3v) is 7.88. The van der Waals surface area contributed by atoms with E-state index in [1.54, 1.807) is 16.7 Å². The highest BCUT2D eigenvalue weighted by atomic mass is 32.2. The van der Waals surface area contributed by atoms with Gasteiger partial charge in [0.05, 0.1) is 29.1 Å². The monoisotopic (exact) mass is 594 g/mol. The number of aryl methyl sites for hydroxylation is 2. The fraction of sp³-hybridized carbons (Fsp3) is 0.308. The second-order valence-electron chi connectivity index (χ2n) is 9.09. The molecule has 218 valence electrons. The number of rotatable bonds is 11. The first-order chi connectivity index (χ1) is 19.4. The standard InChI is InChI=1S/C26H26F4N6O4S/c27-24-34-22(31)21-23(35-24)36(16-33-21)12-1-2-13-40-25(37)32-15-18-5-9-20(10-6-18)41(38,39)14-11-17-3-7-19(8-4-17)26(28,29)30/h3-10,16H,1-2,11-15H2,(H,32,37)(H2,31,34,35). The Bertz CT molecular complexity index is 1610. The summed E-state index contributed by atoms with van der Waals surface area (Å²) < 4.78 is 83.6. The second-order valence-corrected chi connectivity index (χ2v) is 11.2. The first kappa shape index (κ1) is 29.7. The molecule has 2 heterocycles. The number of sulfone groups is 1. The molecule has 1 amide bonds. The minimum Gasteiger partial charge on any atom is -0.450 e. The zero-order valence-corrected chi connectivity index (χ0v) is 22.4. The smallest absolute Gasteiger partial charge is 0.416 e. The molecule has 3 N–H and O–H groups in total. The van der Waals surface area contributed by atoms with Crippen LogP contribution in [0, 0.1) is 6.08 Å². The maximum absolute atomic E-state index is 13.4. The Hall–Kier alpha value is -4.27. The zero-order valence-electron chi connectivity index (χ0n) is 21.6. The van der Waals surface area contributed by atoms with Crippen LogP contribution in [-0.2, 0) is 40.3 Å². The number of halogens is 4. The van der Waals surface area contributed by atoms with Crippen LogP contribution in [0.3, 0.4) is 0 Å². The molecule has 0 fully saturated rings. The van der Waals surface area contributed by atoms with Crippen molar-refractivity contribution in [3.63, 3.8) is 0 Å². The summed E-state index contributed by atoms with van der Waals surface area (Å²) in [7, 11) is -3.67. The lowest BCUT2D eigenvalue weighted by molar-refractivity contribution is -0.137. The Morgan fingerprint density at radius 3 is 2.37 bits per heavy atom. The van der Waals surface area contributed by atoms with Crippen LogP contribution in [0.4, 0.5) is 28.2 Å². The number of aromatic nitrogens is 4. The van der Waals surface area contributed by atoms with Crippen molar-refractivity contribution in [3.05, 3.63) is 77.6 Å². The molecular formula is C26H26F4N6O4S. The van der Waals surface area contributed by atoms with Crippen molar-refractivity contribution in [3.8, 4) is 0 Å². The quantitative estimate of drug-likeness (QED) is 0.149. The number of imidazole rings is 1. The molecule has 0 atom stereocenters. The molecule has 0 bridgehead atoms. The number of nitrogens with zero attached hydrogens (tertiary/aromatic N) is 4. The minimum atomic E-state index is -4.45. The number of fused-ring (bicyclic) bond motifs is 1. The summed E-state index contributed by atoms with van der Waals surface area (Å²) in [5.41, 5.74) is 6.56. The van der Waals surface area contributed by atoms with Crippen LogP contribution in [0.15, 0.2) is 59.8 Å². The van der Waals surface area contributed by atoms with Crippen LogP contribution < -0.4 is 11.1 Å². The molecule has 0 unspecified atom stereocenters. The van der Waals surface area contributed by atoms with Gasteiger partial charge in [-0.25, -0.2) is 18.2 Å². The van der Waals surface area contributed by atoms with Crippen LogP contribution in [0.25, 0.3) is 11.2 Å². The molecule has 10 nitrogen and oxygen atoms in total. The zero-order chi connectivity index (χ0) is 29.6. The predicted molar refractivity (Wildman–Crippen MR) is 141 cm³/mol. The van der Waals surface area contributed by atoms with Gasteiger partial charge >= 0.3 is 18.3 Å². The van der Waals surface area contributed by atoms with Crippen LogP contribution in [0.2, 0.25) is 0 Å². The number of nitrogen functional groups attached to an aromatic ring is 1. The first-order valence-corrected chi connectivity index (χ1v) is 14.1. The number of carbonyl (C=O) groups excluding carboxylic acids is 1. The van der Waals surface area contributed by atoms with Gasteiger partial charge in [-0.1, -0.05) is 24.3 Å². The molecule has 0 saturated heterocycles. The molecule has 2 aromatic heterocycles.